The molecule has 0 saturated heterocycles. The van der Waals surface area contributed by atoms with Gasteiger partial charge in [0.1, 0.15) is 12.1 Å². The van der Waals surface area contributed by atoms with Crippen molar-refractivity contribution in [1.29, 1.82) is 0 Å². The highest BCUT2D eigenvalue weighted by atomic mass is 32.1. The molecule has 0 amide bonds. The van der Waals surface area contributed by atoms with Crippen LogP contribution in [0.1, 0.15) is 32.6 Å². The Hall–Kier alpha value is -1.20. The first kappa shape index (κ1) is 12.8. The van der Waals surface area contributed by atoms with Gasteiger partial charge < -0.3 is 10.6 Å². The predicted molar refractivity (Wildman–Crippen MR) is 80.7 cm³/mol. The lowest BCUT2D eigenvalue weighted by atomic mass is 9.90. The van der Waals surface area contributed by atoms with Gasteiger partial charge in [-0.1, -0.05) is 0 Å². The number of hydrogen-bond acceptors (Lipinski definition) is 5. The molecule has 1 aliphatic carbocycles. The van der Waals surface area contributed by atoms with E-state index in [-0.39, 0.29) is 0 Å². The summed E-state index contributed by atoms with van der Waals surface area (Å²) in [5.74, 6) is 1.10. The molecule has 5 heteroatoms. The summed E-state index contributed by atoms with van der Waals surface area (Å²) in [6, 6.07) is 3.03. The summed E-state index contributed by atoms with van der Waals surface area (Å²) < 4.78 is 1.21. The summed E-state index contributed by atoms with van der Waals surface area (Å²) in [6.45, 7) is 3.19. The highest BCUT2D eigenvalue weighted by Gasteiger charge is 2.25. The van der Waals surface area contributed by atoms with Crippen LogP contribution in [0.5, 0.6) is 0 Å². The summed E-state index contributed by atoms with van der Waals surface area (Å²) in [5, 5.41) is 2.09. The Morgan fingerprint density at radius 1 is 1.32 bits per heavy atom. The summed E-state index contributed by atoms with van der Waals surface area (Å²) in [6.07, 6.45) is 6.28. The first-order valence-electron chi connectivity index (χ1n) is 7.00. The summed E-state index contributed by atoms with van der Waals surface area (Å²) in [7, 11) is 0. The van der Waals surface area contributed by atoms with Gasteiger partial charge in [0.2, 0.25) is 0 Å². The first-order chi connectivity index (χ1) is 9.29. The highest BCUT2D eigenvalue weighted by molar-refractivity contribution is 7.17. The molecule has 0 radical (unpaired) electrons. The topological polar surface area (TPSA) is 55.0 Å². The fourth-order valence-electron chi connectivity index (χ4n) is 2.97. The van der Waals surface area contributed by atoms with Gasteiger partial charge in [-0.15, -0.1) is 11.3 Å². The van der Waals surface area contributed by atoms with Gasteiger partial charge in [-0.2, -0.15) is 0 Å². The van der Waals surface area contributed by atoms with Crippen molar-refractivity contribution in [3.8, 4) is 0 Å². The number of nitrogens with zero attached hydrogens (tertiary/aromatic N) is 3. The molecular formula is C14H20N4S. The molecule has 2 aromatic rings. The summed E-state index contributed by atoms with van der Waals surface area (Å²) in [4.78, 5) is 11.3. The van der Waals surface area contributed by atoms with E-state index < -0.39 is 0 Å². The zero-order valence-electron chi connectivity index (χ0n) is 11.2. The number of anilines is 1. The van der Waals surface area contributed by atoms with Gasteiger partial charge >= 0.3 is 0 Å². The lowest BCUT2D eigenvalue weighted by Gasteiger charge is -2.36. The average molecular weight is 276 g/mol. The van der Waals surface area contributed by atoms with E-state index in [0.29, 0.717) is 12.1 Å². The normalized spacial score (nSPS) is 23.7. The van der Waals surface area contributed by atoms with Crippen LogP contribution in [-0.4, -0.2) is 28.6 Å². The first-order valence-corrected chi connectivity index (χ1v) is 7.88. The van der Waals surface area contributed by atoms with E-state index in [1.165, 1.54) is 17.5 Å². The molecule has 2 heterocycles. The molecule has 19 heavy (non-hydrogen) atoms. The zero-order valence-corrected chi connectivity index (χ0v) is 12.1. The third-order valence-corrected chi connectivity index (χ3v) is 4.92. The van der Waals surface area contributed by atoms with Crippen molar-refractivity contribution in [3.05, 3.63) is 17.8 Å². The van der Waals surface area contributed by atoms with Gasteiger partial charge in [0.05, 0.1) is 10.2 Å². The van der Waals surface area contributed by atoms with E-state index in [9.17, 15) is 0 Å². The van der Waals surface area contributed by atoms with Gasteiger partial charge in [-0.3, -0.25) is 0 Å². The Kier molecular flexibility index (Phi) is 3.66. The predicted octanol–water partition coefficient (Wildman–Crippen LogP) is 2.79. The smallest absolute Gasteiger partial charge is 0.150 e. The van der Waals surface area contributed by atoms with Crippen LogP contribution in [0, 0.1) is 0 Å². The molecule has 0 spiro atoms. The Labute approximate surface area is 117 Å². The van der Waals surface area contributed by atoms with Crippen LogP contribution in [0.4, 0.5) is 5.82 Å². The Bertz CT molecular complexity index is 545. The molecule has 0 aromatic carbocycles. The van der Waals surface area contributed by atoms with Gasteiger partial charge in [-0.25, -0.2) is 9.97 Å². The van der Waals surface area contributed by atoms with Crippen molar-refractivity contribution in [1.82, 2.24) is 9.97 Å². The third kappa shape index (κ3) is 2.44. The lowest BCUT2D eigenvalue weighted by Crippen LogP contribution is -2.41. The van der Waals surface area contributed by atoms with E-state index in [1.807, 2.05) is 0 Å². The standard InChI is InChI=1S/C14H20N4S/c1-2-18(11-5-3-10(15)4-6-11)14-13-12(7-8-19-13)16-9-17-14/h7-11H,2-6,15H2,1H3. The number of aromatic nitrogens is 2. The number of nitrogens with two attached hydrogens (primary N) is 1. The molecule has 102 valence electrons. The Morgan fingerprint density at radius 2 is 2.11 bits per heavy atom. The van der Waals surface area contributed by atoms with Crippen molar-refractivity contribution in [2.75, 3.05) is 11.4 Å². The molecule has 0 aliphatic heterocycles. The molecular weight excluding hydrogens is 256 g/mol. The SMILES string of the molecule is CCN(c1ncnc2ccsc12)C1CCC(N)CC1. The van der Waals surface area contributed by atoms with Gasteiger partial charge in [-0.05, 0) is 44.1 Å². The molecule has 0 unspecified atom stereocenters. The second kappa shape index (κ2) is 5.43. The lowest BCUT2D eigenvalue weighted by molar-refractivity contribution is 0.377. The van der Waals surface area contributed by atoms with Crippen molar-refractivity contribution in [2.45, 2.75) is 44.7 Å². The molecule has 2 N–H and O–H groups in total. The minimum absolute atomic E-state index is 0.391. The largest absolute Gasteiger partial charge is 0.353 e. The number of thiophene rings is 1. The molecule has 1 saturated carbocycles. The van der Waals surface area contributed by atoms with Gasteiger partial charge in [0.25, 0.3) is 0 Å². The fraction of sp³-hybridized carbons (Fsp3) is 0.571. The van der Waals surface area contributed by atoms with Crippen molar-refractivity contribution < 1.29 is 0 Å². The maximum atomic E-state index is 6.01. The molecule has 1 aliphatic rings. The van der Waals surface area contributed by atoms with Crippen LogP contribution in [-0.2, 0) is 0 Å². The quantitative estimate of drug-likeness (QED) is 0.936. The van der Waals surface area contributed by atoms with E-state index in [1.54, 1.807) is 17.7 Å². The molecule has 0 atom stereocenters. The molecule has 2 aromatic heterocycles. The minimum atomic E-state index is 0.391. The van der Waals surface area contributed by atoms with Gasteiger partial charge in [0, 0.05) is 18.6 Å². The average Bonchev–Trinajstić information content (AvgIpc) is 2.91. The molecule has 4 nitrogen and oxygen atoms in total. The number of rotatable bonds is 3. The van der Waals surface area contributed by atoms with E-state index >= 15 is 0 Å². The van der Waals surface area contributed by atoms with Crippen LogP contribution >= 0.6 is 11.3 Å². The van der Waals surface area contributed by atoms with Crippen LogP contribution in [0.3, 0.4) is 0 Å². The van der Waals surface area contributed by atoms with Crippen molar-refractivity contribution in [3.63, 3.8) is 0 Å². The minimum Gasteiger partial charge on any atom is -0.353 e. The highest BCUT2D eigenvalue weighted by Crippen LogP contribution is 2.32. The van der Waals surface area contributed by atoms with E-state index in [4.69, 9.17) is 5.73 Å². The Balaban J connectivity index is 1.91. The fourth-order valence-corrected chi connectivity index (χ4v) is 3.82. The third-order valence-electron chi connectivity index (χ3n) is 4.02. The van der Waals surface area contributed by atoms with E-state index in [2.05, 4.69) is 33.2 Å². The van der Waals surface area contributed by atoms with Crippen molar-refractivity contribution >= 4 is 27.4 Å². The second-order valence-electron chi connectivity index (χ2n) is 5.19. The monoisotopic (exact) mass is 276 g/mol. The van der Waals surface area contributed by atoms with Crippen LogP contribution in [0.2, 0.25) is 0 Å². The summed E-state index contributed by atoms with van der Waals surface area (Å²) >= 11 is 1.73. The molecule has 0 bridgehead atoms. The second-order valence-corrected chi connectivity index (χ2v) is 6.10. The Morgan fingerprint density at radius 3 is 2.84 bits per heavy atom. The van der Waals surface area contributed by atoms with Crippen LogP contribution in [0.25, 0.3) is 10.2 Å². The van der Waals surface area contributed by atoms with Gasteiger partial charge in [0.15, 0.2) is 0 Å². The number of fused-ring (bicyclic) bond motifs is 1. The maximum Gasteiger partial charge on any atom is 0.150 e. The molecule has 3 rings (SSSR count). The van der Waals surface area contributed by atoms with E-state index in [0.717, 1.165) is 30.7 Å². The zero-order chi connectivity index (χ0) is 13.2. The van der Waals surface area contributed by atoms with Crippen LogP contribution in [0.15, 0.2) is 17.8 Å². The van der Waals surface area contributed by atoms with Crippen molar-refractivity contribution in [2.24, 2.45) is 5.73 Å². The number of hydrogen-bond donors (Lipinski definition) is 1. The summed E-state index contributed by atoms with van der Waals surface area (Å²) in [5.41, 5.74) is 7.07. The molecule has 1 fully saturated rings. The maximum absolute atomic E-state index is 6.01. The van der Waals surface area contributed by atoms with Crippen LogP contribution < -0.4 is 10.6 Å².